The number of halogens is 3. The Kier molecular flexibility index (Phi) is 9.24. The summed E-state index contributed by atoms with van der Waals surface area (Å²) < 4.78 is 41.5. The van der Waals surface area contributed by atoms with E-state index in [-0.39, 0.29) is 18.2 Å². The van der Waals surface area contributed by atoms with Crippen LogP contribution in [0.1, 0.15) is 47.8 Å². The maximum absolute atomic E-state index is 14.2. The summed E-state index contributed by atoms with van der Waals surface area (Å²) in [7, 11) is 1.79. The van der Waals surface area contributed by atoms with Gasteiger partial charge in [0.2, 0.25) is 0 Å². The predicted octanol–water partition coefficient (Wildman–Crippen LogP) is 4.65. The number of rotatable bonds is 10. The van der Waals surface area contributed by atoms with Gasteiger partial charge in [-0.25, -0.2) is 10.2 Å². The molecule has 1 aliphatic rings. The van der Waals surface area contributed by atoms with Gasteiger partial charge in [-0.05, 0) is 55.3 Å². The molecule has 39 heavy (non-hydrogen) atoms. The first-order valence-corrected chi connectivity index (χ1v) is 12.3. The van der Waals surface area contributed by atoms with Gasteiger partial charge in [0.15, 0.2) is 6.67 Å². The Morgan fingerprint density at radius 3 is 2.59 bits per heavy atom. The minimum Gasteiger partial charge on any atom is -0.396 e. The molecule has 0 aromatic heterocycles. The Labute approximate surface area is 226 Å². The van der Waals surface area contributed by atoms with Crippen molar-refractivity contribution in [3.63, 3.8) is 0 Å². The van der Waals surface area contributed by atoms with E-state index < -0.39 is 24.1 Å². The van der Waals surface area contributed by atoms with Crippen molar-refractivity contribution >= 4 is 23.5 Å². The highest BCUT2D eigenvalue weighted by Gasteiger charge is 2.32. The Morgan fingerprint density at radius 2 is 1.95 bits per heavy atom. The van der Waals surface area contributed by atoms with E-state index in [2.05, 4.69) is 21.5 Å². The monoisotopic (exact) mass is 541 g/mol. The first kappa shape index (κ1) is 29.5. The van der Waals surface area contributed by atoms with Crippen LogP contribution in [0.3, 0.4) is 0 Å². The molecule has 6 N–H and O–H groups in total. The summed E-state index contributed by atoms with van der Waals surface area (Å²) in [6.07, 6.45) is 3.08. The molecule has 1 aliphatic heterocycles. The second kappa shape index (κ2) is 12.2. The normalized spacial score (nSPS) is 13.9. The van der Waals surface area contributed by atoms with E-state index in [4.69, 9.17) is 11.6 Å². The number of hydrazone groups is 1. The lowest BCUT2D eigenvalue weighted by molar-refractivity contribution is -0.0281. The minimum absolute atomic E-state index is 0.0206. The summed E-state index contributed by atoms with van der Waals surface area (Å²) >= 11 is 0. The number of hydrogen-bond donors (Lipinski definition) is 4. The van der Waals surface area contributed by atoms with E-state index in [1.807, 2.05) is 27.7 Å². The van der Waals surface area contributed by atoms with Crippen molar-refractivity contribution in [3.8, 4) is 0 Å². The van der Waals surface area contributed by atoms with Crippen LogP contribution >= 0.6 is 0 Å². The van der Waals surface area contributed by atoms with Crippen molar-refractivity contribution in [2.45, 2.75) is 46.2 Å². The summed E-state index contributed by atoms with van der Waals surface area (Å²) in [5.41, 5.74) is 12.6. The molecule has 2 aromatic carbocycles. The van der Waals surface area contributed by atoms with E-state index >= 15 is 0 Å². The van der Waals surface area contributed by atoms with Gasteiger partial charge in [-0.2, -0.15) is 13.9 Å². The number of aryl methyl sites for hydroxylation is 1. The van der Waals surface area contributed by atoms with Gasteiger partial charge < -0.3 is 16.4 Å². The van der Waals surface area contributed by atoms with Crippen LogP contribution in [0, 0.1) is 6.92 Å². The number of carbonyl (C=O) groups excluding carboxylic acids is 1. The van der Waals surface area contributed by atoms with Crippen molar-refractivity contribution in [3.05, 3.63) is 87.6 Å². The Hall–Kier alpha value is -4.05. The van der Waals surface area contributed by atoms with Crippen LogP contribution in [-0.4, -0.2) is 36.9 Å². The minimum atomic E-state index is -3.71. The second-order valence-electron chi connectivity index (χ2n) is 9.63. The molecule has 1 amide bonds. The fourth-order valence-electron chi connectivity index (χ4n) is 3.68. The van der Waals surface area contributed by atoms with Gasteiger partial charge in [0.1, 0.15) is 0 Å². The Bertz CT molecular complexity index is 1360. The van der Waals surface area contributed by atoms with Crippen LogP contribution in [0.15, 0.2) is 70.4 Å². The van der Waals surface area contributed by atoms with E-state index in [0.29, 0.717) is 28.2 Å². The third-order valence-electron chi connectivity index (χ3n) is 6.05. The fourth-order valence-corrected chi connectivity index (χ4v) is 3.68. The number of hydrogen-bond acceptors (Lipinski definition) is 7. The van der Waals surface area contributed by atoms with Crippen LogP contribution in [0.4, 0.5) is 24.5 Å². The summed E-state index contributed by atoms with van der Waals surface area (Å²) in [4.78, 5) is 13.1. The molecule has 0 saturated carbocycles. The largest absolute Gasteiger partial charge is 0.396 e. The number of alkyl halides is 3. The summed E-state index contributed by atoms with van der Waals surface area (Å²) in [5.74, 6) is 1.93. The second-order valence-corrected chi connectivity index (χ2v) is 9.63. The van der Waals surface area contributed by atoms with Crippen LogP contribution in [0.2, 0.25) is 0 Å². The van der Waals surface area contributed by atoms with Crippen molar-refractivity contribution < 1.29 is 18.0 Å². The van der Waals surface area contributed by atoms with E-state index in [1.54, 1.807) is 36.5 Å². The average Bonchev–Trinajstić information content (AvgIpc) is 2.89. The van der Waals surface area contributed by atoms with E-state index in [1.165, 1.54) is 23.3 Å². The molecule has 1 heterocycles. The molecular weight excluding hydrogens is 507 g/mol. The van der Waals surface area contributed by atoms with Crippen LogP contribution in [0.5, 0.6) is 0 Å². The highest BCUT2D eigenvalue weighted by molar-refractivity contribution is 6.04. The molecule has 0 fully saturated rings. The molecule has 0 spiro atoms. The number of amides is 1. The van der Waals surface area contributed by atoms with Gasteiger partial charge in [0.25, 0.3) is 5.91 Å². The number of carbonyl (C=O) groups is 1. The molecule has 11 heteroatoms. The SMILES string of the molecule is CC1=C=C(/C(N)=C/N(N)c2cc(NC(=O)c3cc(CNC(C)C)cc(C(F)(F)CF)c3)ccc2C)C=NN1C. The third-order valence-corrected chi connectivity index (χ3v) is 6.05. The number of nitrogens with two attached hydrogens (primary N) is 2. The lowest BCUT2D eigenvalue weighted by Gasteiger charge is -2.20. The van der Waals surface area contributed by atoms with Gasteiger partial charge in [-0.3, -0.25) is 14.8 Å². The lowest BCUT2D eigenvalue weighted by atomic mass is 10.0. The van der Waals surface area contributed by atoms with Crippen molar-refractivity contribution in [1.29, 1.82) is 0 Å². The molecule has 2 aromatic rings. The molecule has 0 aliphatic carbocycles. The zero-order chi connectivity index (χ0) is 28.9. The van der Waals surface area contributed by atoms with Crippen LogP contribution in [0.25, 0.3) is 0 Å². The van der Waals surface area contributed by atoms with E-state index in [9.17, 15) is 18.0 Å². The Balaban J connectivity index is 1.88. The van der Waals surface area contributed by atoms with Gasteiger partial charge in [0.05, 0.1) is 28.9 Å². The molecule has 0 atom stereocenters. The van der Waals surface area contributed by atoms with Crippen molar-refractivity contribution in [1.82, 2.24) is 10.3 Å². The van der Waals surface area contributed by atoms with Gasteiger partial charge in [-0.15, -0.1) is 0 Å². The Morgan fingerprint density at radius 1 is 1.23 bits per heavy atom. The smallest absolute Gasteiger partial charge is 0.301 e. The topological polar surface area (TPSA) is 112 Å². The summed E-state index contributed by atoms with van der Waals surface area (Å²) in [6, 6.07) is 8.86. The summed E-state index contributed by atoms with van der Waals surface area (Å²) in [6.45, 7) is 5.86. The highest BCUT2D eigenvalue weighted by Crippen LogP contribution is 2.31. The molecule has 0 saturated heterocycles. The van der Waals surface area contributed by atoms with Gasteiger partial charge in [-0.1, -0.05) is 25.6 Å². The first-order chi connectivity index (χ1) is 18.3. The molecule has 8 nitrogen and oxygen atoms in total. The third kappa shape index (κ3) is 7.51. The molecule has 0 bridgehead atoms. The molecule has 0 unspecified atom stereocenters. The average molecular weight is 542 g/mol. The first-order valence-electron chi connectivity index (χ1n) is 12.3. The quantitative estimate of drug-likeness (QED) is 0.198. The molecule has 0 radical (unpaired) electrons. The van der Waals surface area contributed by atoms with Gasteiger partial charge >= 0.3 is 5.92 Å². The fraction of sp³-hybridized carbons (Fsp3) is 0.321. The van der Waals surface area contributed by atoms with Crippen molar-refractivity contribution in [2.75, 3.05) is 24.0 Å². The zero-order valence-electron chi connectivity index (χ0n) is 22.6. The van der Waals surface area contributed by atoms with Gasteiger partial charge in [0, 0.05) is 42.6 Å². The predicted molar refractivity (Wildman–Crippen MR) is 149 cm³/mol. The lowest BCUT2D eigenvalue weighted by Crippen LogP contribution is -2.27. The number of nitrogens with one attached hydrogen (secondary N) is 2. The van der Waals surface area contributed by atoms with E-state index in [0.717, 1.165) is 17.3 Å². The zero-order valence-corrected chi connectivity index (χ0v) is 22.6. The standard InChI is InChI=1S/C28H34F3N7O/c1-17(2)34-13-20-9-21(11-23(10-20)28(30,31)16-29)27(39)36-24-7-6-18(3)26(12-24)38(33)15-25(32)22-8-19(4)37(5)35-14-22/h6-7,9-12,14-15,17,34H,13,16,32-33H2,1-5H3,(H,36,39)/b25-15-. The molecule has 3 rings (SSSR count). The molecular formula is C28H34F3N7O. The maximum Gasteiger partial charge on any atom is 0.301 e. The molecule has 208 valence electrons. The number of hydrazine groups is 1. The maximum atomic E-state index is 14.2. The van der Waals surface area contributed by atoms with Crippen LogP contribution < -0.4 is 27.2 Å². The highest BCUT2D eigenvalue weighted by atomic mass is 19.3. The number of nitrogens with zero attached hydrogens (tertiary/aromatic N) is 3. The van der Waals surface area contributed by atoms with Crippen molar-refractivity contribution in [2.24, 2.45) is 16.7 Å². The number of allylic oxidation sites excluding steroid dienone is 1. The number of benzene rings is 2. The van der Waals surface area contributed by atoms with Crippen LogP contribution in [-0.2, 0) is 12.5 Å². The summed E-state index contributed by atoms with van der Waals surface area (Å²) in [5, 5.41) is 13.0. The number of anilines is 2.